The molecule has 0 aliphatic carbocycles. The topological polar surface area (TPSA) is 42.0 Å². The summed E-state index contributed by atoms with van der Waals surface area (Å²) in [4.78, 5) is 17.1. The van der Waals surface area contributed by atoms with Crippen LogP contribution in [-0.2, 0) is 0 Å². The molecule has 1 fully saturated rings. The van der Waals surface area contributed by atoms with Crippen molar-refractivity contribution in [3.63, 3.8) is 0 Å². The lowest BCUT2D eigenvalue weighted by Gasteiger charge is -2.31. The van der Waals surface area contributed by atoms with Crippen molar-refractivity contribution < 1.29 is 14.3 Å². The highest BCUT2D eigenvalue weighted by molar-refractivity contribution is 6.00. The van der Waals surface area contributed by atoms with Gasteiger partial charge in [0.25, 0.3) is 0 Å². The molecule has 1 aromatic rings. The molecule has 0 aromatic heterocycles. The van der Waals surface area contributed by atoms with Crippen molar-refractivity contribution in [2.75, 3.05) is 53.0 Å². The fourth-order valence-electron chi connectivity index (χ4n) is 2.56. The van der Waals surface area contributed by atoms with Gasteiger partial charge in [0.1, 0.15) is 11.5 Å². The number of nitrogens with zero attached hydrogens (tertiary/aromatic N) is 2. The van der Waals surface area contributed by atoms with Gasteiger partial charge in [-0.2, -0.15) is 0 Å². The summed E-state index contributed by atoms with van der Waals surface area (Å²) in [6.45, 7) is 9.32. The van der Waals surface area contributed by atoms with E-state index < -0.39 is 0 Å². The minimum atomic E-state index is 0.107. The molecule has 5 nitrogen and oxygen atoms in total. The Bertz CT molecular complexity index is 497. The van der Waals surface area contributed by atoms with Gasteiger partial charge in [0.15, 0.2) is 5.78 Å². The highest BCUT2D eigenvalue weighted by Gasteiger charge is 2.20. The molecular weight excluding hydrogens is 280 g/mol. The van der Waals surface area contributed by atoms with Crippen LogP contribution in [-0.4, -0.2) is 68.6 Å². The standard InChI is InChI=1S/C17H26N2O3/c1-4-21-14-6-7-15(17(12-14)22-5-2)16(20)13-19-10-8-18(3)9-11-19/h6-7,12H,4-5,8-11,13H2,1-3H3. The van der Waals surface area contributed by atoms with Crippen molar-refractivity contribution >= 4 is 5.78 Å². The largest absolute Gasteiger partial charge is 0.494 e. The summed E-state index contributed by atoms with van der Waals surface area (Å²) in [5.74, 6) is 1.46. The van der Waals surface area contributed by atoms with Crippen LogP contribution >= 0.6 is 0 Å². The molecule has 0 spiro atoms. The van der Waals surface area contributed by atoms with Gasteiger partial charge in [-0.1, -0.05) is 0 Å². The van der Waals surface area contributed by atoms with Gasteiger partial charge in [0.2, 0.25) is 0 Å². The number of rotatable bonds is 7. The predicted molar refractivity (Wildman–Crippen MR) is 87.0 cm³/mol. The van der Waals surface area contributed by atoms with E-state index in [1.54, 1.807) is 0 Å². The number of piperazine rings is 1. The third-order valence-electron chi connectivity index (χ3n) is 3.83. The highest BCUT2D eigenvalue weighted by Crippen LogP contribution is 2.26. The molecule has 1 aliphatic rings. The number of ether oxygens (including phenoxy) is 2. The number of carbonyl (C=O) groups excluding carboxylic acids is 1. The molecule has 0 unspecified atom stereocenters. The van der Waals surface area contributed by atoms with Gasteiger partial charge in [-0.25, -0.2) is 0 Å². The second-order valence-electron chi connectivity index (χ2n) is 5.53. The van der Waals surface area contributed by atoms with E-state index in [1.165, 1.54) is 0 Å². The van der Waals surface area contributed by atoms with E-state index in [2.05, 4.69) is 16.8 Å². The van der Waals surface area contributed by atoms with Crippen molar-refractivity contribution in [3.05, 3.63) is 23.8 Å². The van der Waals surface area contributed by atoms with Crippen LogP contribution < -0.4 is 9.47 Å². The fourth-order valence-corrected chi connectivity index (χ4v) is 2.56. The van der Waals surface area contributed by atoms with Gasteiger partial charge >= 0.3 is 0 Å². The lowest BCUT2D eigenvalue weighted by molar-refractivity contribution is 0.0873. The summed E-state index contributed by atoms with van der Waals surface area (Å²) in [6, 6.07) is 5.46. The van der Waals surface area contributed by atoms with Crippen LogP contribution in [0.2, 0.25) is 0 Å². The van der Waals surface area contributed by atoms with E-state index in [0.29, 0.717) is 31.1 Å². The first-order chi connectivity index (χ1) is 10.6. The fraction of sp³-hybridized carbons (Fsp3) is 0.588. The summed E-state index contributed by atoms with van der Waals surface area (Å²) >= 11 is 0. The molecule has 0 saturated carbocycles. The van der Waals surface area contributed by atoms with Crippen molar-refractivity contribution in [2.24, 2.45) is 0 Å². The Morgan fingerprint density at radius 3 is 2.41 bits per heavy atom. The molecule has 0 amide bonds. The number of likely N-dealkylation sites (N-methyl/N-ethyl adjacent to an activating group) is 1. The Balaban J connectivity index is 2.07. The zero-order chi connectivity index (χ0) is 15.9. The van der Waals surface area contributed by atoms with Gasteiger partial charge in [0, 0.05) is 32.2 Å². The Labute approximate surface area is 132 Å². The molecule has 1 aliphatic heterocycles. The number of ketones is 1. The van der Waals surface area contributed by atoms with E-state index in [9.17, 15) is 4.79 Å². The van der Waals surface area contributed by atoms with Crippen molar-refractivity contribution in [3.8, 4) is 11.5 Å². The lowest BCUT2D eigenvalue weighted by Crippen LogP contribution is -2.46. The van der Waals surface area contributed by atoms with Gasteiger partial charge in [-0.15, -0.1) is 0 Å². The molecule has 1 heterocycles. The third-order valence-corrected chi connectivity index (χ3v) is 3.83. The zero-order valence-corrected chi connectivity index (χ0v) is 13.8. The molecule has 0 bridgehead atoms. The van der Waals surface area contributed by atoms with E-state index >= 15 is 0 Å². The normalized spacial score (nSPS) is 16.5. The van der Waals surface area contributed by atoms with Crippen LogP contribution in [0.15, 0.2) is 18.2 Å². The van der Waals surface area contributed by atoms with Crippen LogP contribution in [0.25, 0.3) is 0 Å². The average Bonchev–Trinajstić information content (AvgIpc) is 2.50. The molecule has 22 heavy (non-hydrogen) atoms. The molecule has 1 saturated heterocycles. The molecule has 1 aromatic carbocycles. The van der Waals surface area contributed by atoms with Gasteiger partial charge in [-0.3, -0.25) is 9.69 Å². The molecule has 0 radical (unpaired) electrons. The van der Waals surface area contributed by atoms with Crippen LogP contribution in [0.5, 0.6) is 11.5 Å². The van der Waals surface area contributed by atoms with E-state index in [-0.39, 0.29) is 5.78 Å². The monoisotopic (exact) mass is 306 g/mol. The summed E-state index contributed by atoms with van der Waals surface area (Å²) in [6.07, 6.45) is 0. The number of hydrogen-bond donors (Lipinski definition) is 0. The summed E-state index contributed by atoms with van der Waals surface area (Å²) in [7, 11) is 2.11. The first-order valence-electron chi connectivity index (χ1n) is 7.97. The lowest BCUT2D eigenvalue weighted by atomic mass is 10.1. The van der Waals surface area contributed by atoms with Gasteiger partial charge in [-0.05, 0) is 33.0 Å². The first-order valence-corrected chi connectivity index (χ1v) is 7.97. The van der Waals surface area contributed by atoms with Crippen LogP contribution in [0, 0.1) is 0 Å². The van der Waals surface area contributed by atoms with Gasteiger partial charge in [0.05, 0.1) is 25.3 Å². The molecule has 5 heteroatoms. The van der Waals surface area contributed by atoms with E-state index in [0.717, 1.165) is 31.9 Å². The summed E-state index contributed by atoms with van der Waals surface area (Å²) < 4.78 is 11.1. The number of hydrogen-bond acceptors (Lipinski definition) is 5. The minimum absolute atomic E-state index is 0.107. The third kappa shape index (κ3) is 4.45. The number of benzene rings is 1. The van der Waals surface area contributed by atoms with Crippen molar-refractivity contribution in [2.45, 2.75) is 13.8 Å². The second-order valence-corrected chi connectivity index (χ2v) is 5.53. The van der Waals surface area contributed by atoms with E-state index in [1.807, 2.05) is 32.0 Å². The highest BCUT2D eigenvalue weighted by atomic mass is 16.5. The Hall–Kier alpha value is -1.59. The Kier molecular flexibility index (Phi) is 6.21. The van der Waals surface area contributed by atoms with Gasteiger partial charge < -0.3 is 14.4 Å². The maximum absolute atomic E-state index is 12.6. The second kappa shape index (κ2) is 8.15. The van der Waals surface area contributed by atoms with Crippen molar-refractivity contribution in [1.82, 2.24) is 9.80 Å². The molecule has 122 valence electrons. The quantitative estimate of drug-likeness (QED) is 0.720. The Morgan fingerprint density at radius 1 is 1.09 bits per heavy atom. The average molecular weight is 306 g/mol. The predicted octanol–water partition coefficient (Wildman–Crippen LogP) is 1.91. The Morgan fingerprint density at radius 2 is 1.77 bits per heavy atom. The minimum Gasteiger partial charge on any atom is -0.494 e. The molecular formula is C17H26N2O3. The molecule has 2 rings (SSSR count). The number of Topliss-reactive ketones (excluding diaryl/α,β-unsaturated/α-hetero) is 1. The first kappa shape index (κ1) is 16.8. The van der Waals surface area contributed by atoms with Crippen molar-refractivity contribution in [1.29, 1.82) is 0 Å². The van der Waals surface area contributed by atoms with E-state index in [4.69, 9.17) is 9.47 Å². The smallest absolute Gasteiger partial charge is 0.180 e. The summed E-state index contributed by atoms with van der Waals surface area (Å²) in [5, 5.41) is 0. The number of carbonyl (C=O) groups is 1. The van der Waals surface area contributed by atoms with Crippen LogP contribution in [0.1, 0.15) is 24.2 Å². The van der Waals surface area contributed by atoms with Crippen LogP contribution in [0.3, 0.4) is 0 Å². The van der Waals surface area contributed by atoms with Crippen LogP contribution in [0.4, 0.5) is 0 Å². The zero-order valence-electron chi connectivity index (χ0n) is 13.8. The maximum Gasteiger partial charge on any atom is 0.180 e. The molecule has 0 atom stereocenters. The summed E-state index contributed by atoms with van der Waals surface area (Å²) in [5.41, 5.74) is 0.643. The maximum atomic E-state index is 12.6. The SMILES string of the molecule is CCOc1ccc(C(=O)CN2CCN(C)CC2)c(OCC)c1. The molecule has 0 N–H and O–H groups in total.